The van der Waals surface area contributed by atoms with Gasteiger partial charge in [0.1, 0.15) is 17.1 Å². The Hall–Kier alpha value is -1.75. The molecule has 2 aliphatic heterocycles. The number of aromatic hydroxyl groups is 1. The van der Waals surface area contributed by atoms with E-state index in [4.69, 9.17) is 4.74 Å². The number of hydrogen-bond donors (Lipinski definition) is 2. The highest BCUT2D eigenvalue weighted by Crippen LogP contribution is 2.53. The van der Waals surface area contributed by atoms with Crippen molar-refractivity contribution >= 4 is 5.97 Å². The lowest BCUT2D eigenvalue weighted by molar-refractivity contribution is -0.151. The average molecular weight is 289 g/mol. The van der Waals surface area contributed by atoms with Crippen LogP contribution in [0, 0.1) is 5.41 Å². The largest absolute Gasteiger partial charge is 0.508 e. The SMILES string of the molecule is CC(N1CC2(Cc3ccc(O)cc3O2)C1)C1(C(=O)O)CC1. The van der Waals surface area contributed by atoms with Crippen molar-refractivity contribution in [2.24, 2.45) is 5.41 Å². The number of hydrogen-bond acceptors (Lipinski definition) is 4. The Morgan fingerprint density at radius 1 is 1.38 bits per heavy atom. The maximum Gasteiger partial charge on any atom is 0.311 e. The lowest BCUT2D eigenvalue weighted by Crippen LogP contribution is -2.68. The Morgan fingerprint density at radius 3 is 2.71 bits per heavy atom. The third kappa shape index (κ3) is 1.77. The van der Waals surface area contributed by atoms with E-state index in [2.05, 4.69) is 4.90 Å². The molecule has 1 aliphatic carbocycles. The second kappa shape index (κ2) is 3.91. The van der Waals surface area contributed by atoms with E-state index in [0.717, 1.165) is 43.7 Å². The Balaban J connectivity index is 1.46. The van der Waals surface area contributed by atoms with Crippen molar-refractivity contribution in [3.05, 3.63) is 23.8 Å². The fourth-order valence-electron chi connectivity index (χ4n) is 3.84. The van der Waals surface area contributed by atoms with Gasteiger partial charge in [-0.3, -0.25) is 9.69 Å². The summed E-state index contributed by atoms with van der Waals surface area (Å²) in [5.41, 5.74) is 0.365. The van der Waals surface area contributed by atoms with Crippen molar-refractivity contribution in [3.63, 3.8) is 0 Å². The highest BCUT2D eigenvalue weighted by Gasteiger charge is 2.60. The summed E-state index contributed by atoms with van der Waals surface area (Å²) in [5.74, 6) is 0.316. The lowest BCUT2D eigenvalue weighted by Gasteiger charge is -2.51. The zero-order valence-electron chi connectivity index (χ0n) is 12.0. The summed E-state index contributed by atoms with van der Waals surface area (Å²) in [5, 5.41) is 18.9. The molecule has 2 fully saturated rings. The molecule has 1 aromatic rings. The maximum absolute atomic E-state index is 11.4. The molecule has 1 aromatic carbocycles. The number of carboxylic acids is 1. The molecule has 0 aromatic heterocycles. The molecule has 2 heterocycles. The van der Waals surface area contributed by atoms with Gasteiger partial charge in [0.25, 0.3) is 0 Å². The third-order valence-electron chi connectivity index (χ3n) is 5.43. The zero-order valence-corrected chi connectivity index (χ0v) is 12.0. The standard InChI is InChI=1S/C16H19NO4/c1-10(16(4-5-16)14(19)20)17-8-15(9-17)7-11-2-3-12(18)6-13(11)21-15/h2-3,6,10,18H,4-5,7-9H2,1H3,(H,19,20). The molecule has 5 heteroatoms. The van der Waals surface area contributed by atoms with E-state index in [0.29, 0.717) is 0 Å². The average Bonchev–Trinajstić information content (AvgIpc) is 3.11. The van der Waals surface area contributed by atoms with Gasteiger partial charge in [-0.2, -0.15) is 0 Å². The molecule has 1 atom stereocenters. The van der Waals surface area contributed by atoms with Gasteiger partial charge in [0.2, 0.25) is 0 Å². The maximum atomic E-state index is 11.4. The predicted molar refractivity (Wildman–Crippen MR) is 75.5 cm³/mol. The van der Waals surface area contributed by atoms with E-state index >= 15 is 0 Å². The minimum absolute atomic E-state index is 0.0568. The molecule has 0 amide bonds. The Labute approximate surface area is 123 Å². The number of aliphatic carboxylic acids is 1. The number of carbonyl (C=O) groups is 1. The Morgan fingerprint density at radius 2 is 2.10 bits per heavy atom. The van der Waals surface area contributed by atoms with Gasteiger partial charge in [-0.15, -0.1) is 0 Å². The third-order valence-corrected chi connectivity index (χ3v) is 5.43. The van der Waals surface area contributed by atoms with E-state index in [1.165, 1.54) is 0 Å². The Kier molecular flexibility index (Phi) is 2.41. The van der Waals surface area contributed by atoms with Crippen LogP contribution in [0.4, 0.5) is 0 Å². The summed E-state index contributed by atoms with van der Waals surface area (Å²) in [6.45, 7) is 3.54. The molecule has 4 rings (SSSR count). The van der Waals surface area contributed by atoms with Crippen molar-refractivity contribution in [1.82, 2.24) is 4.90 Å². The van der Waals surface area contributed by atoms with Gasteiger partial charge in [-0.05, 0) is 31.4 Å². The monoisotopic (exact) mass is 289 g/mol. The number of nitrogens with zero attached hydrogens (tertiary/aromatic N) is 1. The van der Waals surface area contributed by atoms with Crippen molar-refractivity contribution in [2.45, 2.75) is 37.8 Å². The summed E-state index contributed by atoms with van der Waals surface area (Å²) in [6, 6.07) is 5.31. The second-order valence-electron chi connectivity index (χ2n) is 6.80. The highest BCUT2D eigenvalue weighted by molar-refractivity contribution is 5.78. The quantitative estimate of drug-likeness (QED) is 0.885. The number of phenolic OH excluding ortho intramolecular Hbond substituents is 1. The van der Waals surface area contributed by atoms with Gasteiger partial charge in [0, 0.05) is 31.6 Å². The van der Waals surface area contributed by atoms with E-state index in [1.54, 1.807) is 12.1 Å². The smallest absolute Gasteiger partial charge is 0.311 e. The number of benzene rings is 1. The number of fused-ring (bicyclic) bond motifs is 1. The number of phenols is 1. The molecule has 0 radical (unpaired) electrons. The molecule has 1 saturated heterocycles. The first-order chi connectivity index (χ1) is 9.94. The predicted octanol–water partition coefficient (Wildman–Crippen LogP) is 1.63. The molecule has 3 aliphatic rings. The molecular weight excluding hydrogens is 270 g/mol. The van der Waals surface area contributed by atoms with Crippen LogP contribution >= 0.6 is 0 Å². The second-order valence-corrected chi connectivity index (χ2v) is 6.80. The Bertz CT molecular complexity index is 617. The van der Waals surface area contributed by atoms with Crippen molar-refractivity contribution in [2.75, 3.05) is 13.1 Å². The van der Waals surface area contributed by atoms with Gasteiger partial charge in [0.15, 0.2) is 0 Å². The van der Waals surface area contributed by atoms with Crippen LogP contribution in [0.5, 0.6) is 11.5 Å². The minimum atomic E-state index is -0.670. The van der Waals surface area contributed by atoms with Crippen molar-refractivity contribution < 1.29 is 19.7 Å². The first kappa shape index (κ1) is 13.0. The van der Waals surface area contributed by atoms with Crippen LogP contribution in [0.1, 0.15) is 25.3 Å². The summed E-state index contributed by atoms with van der Waals surface area (Å²) < 4.78 is 6.04. The fraction of sp³-hybridized carbons (Fsp3) is 0.562. The van der Waals surface area contributed by atoms with E-state index in [1.807, 2.05) is 13.0 Å². The molecule has 0 bridgehead atoms. The molecule has 2 N–H and O–H groups in total. The van der Waals surface area contributed by atoms with E-state index in [9.17, 15) is 15.0 Å². The summed E-state index contributed by atoms with van der Waals surface area (Å²) in [6.07, 6.45) is 2.40. The molecule has 1 unspecified atom stereocenters. The molecule has 112 valence electrons. The number of likely N-dealkylation sites (tertiary alicyclic amines) is 1. The number of carboxylic acid groups (broad SMARTS) is 1. The summed E-state index contributed by atoms with van der Waals surface area (Å²) in [7, 11) is 0. The van der Waals surface area contributed by atoms with E-state index in [-0.39, 0.29) is 17.4 Å². The van der Waals surface area contributed by atoms with Crippen LogP contribution in [0.15, 0.2) is 18.2 Å². The molecule has 21 heavy (non-hydrogen) atoms. The van der Waals surface area contributed by atoms with Crippen molar-refractivity contribution in [3.8, 4) is 11.5 Å². The van der Waals surface area contributed by atoms with Crippen LogP contribution in [0.3, 0.4) is 0 Å². The van der Waals surface area contributed by atoms with Crippen LogP contribution < -0.4 is 4.74 Å². The fourth-order valence-corrected chi connectivity index (χ4v) is 3.84. The number of ether oxygens (including phenoxy) is 1. The molecule has 1 spiro atoms. The van der Waals surface area contributed by atoms with Crippen LogP contribution in [-0.4, -0.2) is 45.8 Å². The van der Waals surface area contributed by atoms with Crippen LogP contribution in [0.2, 0.25) is 0 Å². The van der Waals surface area contributed by atoms with Gasteiger partial charge in [-0.25, -0.2) is 0 Å². The normalized spacial score (nSPS) is 25.8. The van der Waals surface area contributed by atoms with E-state index < -0.39 is 11.4 Å². The van der Waals surface area contributed by atoms with Crippen LogP contribution in [-0.2, 0) is 11.2 Å². The van der Waals surface area contributed by atoms with Gasteiger partial charge in [-0.1, -0.05) is 6.07 Å². The topological polar surface area (TPSA) is 70.0 Å². The highest BCUT2D eigenvalue weighted by atomic mass is 16.5. The van der Waals surface area contributed by atoms with Gasteiger partial charge < -0.3 is 14.9 Å². The lowest BCUT2D eigenvalue weighted by atomic mass is 9.84. The number of rotatable bonds is 3. The molecule has 5 nitrogen and oxygen atoms in total. The summed E-state index contributed by atoms with van der Waals surface area (Å²) >= 11 is 0. The first-order valence-electron chi connectivity index (χ1n) is 7.43. The molecule has 1 saturated carbocycles. The summed E-state index contributed by atoms with van der Waals surface area (Å²) in [4.78, 5) is 13.6. The van der Waals surface area contributed by atoms with Crippen LogP contribution in [0.25, 0.3) is 0 Å². The first-order valence-corrected chi connectivity index (χ1v) is 7.43. The minimum Gasteiger partial charge on any atom is -0.508 e. The van der Waals surface area contributed by atoms with Gasteiger partial charge >= 0.3 is 5.97 Å². The molecular formula is C16H19NO4. The van der Waals surface area contributed by atoms with Gasteiger partial charge in [0.05, 0.1) is 5.41 Å². The zero-order chi connectivity index (χ0) is 14.8. The van der Waals surface area contributed by atoms with Crippen molar-refractivity contribution in [1.29, 1.82) is 0 Å².